The van der Waals surface area contributed by atoms with Gasteiger partial charge < -0.3 is 10.6 Å². The quantitative estimate of drug-likeness (QED) is 0.622. The average Bonchev–Trinajstić information content (AvgIpc) is 2.04. The van der Waals surface area contributed by atoms with Gasteiger partial charge in [0.15, 0.2) is 0 Å². The number of rotatable bonds is 1. The molecule has 3 heteroatoms. The van der Waals surface area contributed by atoms with Crippen LogP contribution < -0.4 is 5.73 Å². The zero-order chi connectivity index (χ0) is 8.65. The van der Waals surface area contributed by atoms with E-state index in [2.05, 4.69) is 6.58 Å². The Morgan fingerprint density at radius 3 is 2.55 bits per heavy atom. The largest absolute Gasteiger partial charge is 0.355 e. The second-order valence-electron chi connectivity index (χ2n) is 3.50. The summed E-state index contributed by atoms with van der Waals surface area (Å²) in [6.45, 7) is 7.82. The van der Waals surface area contributed by atoms with E-state index in [1.807, 2.05) is 18.7 Å². The summed E-state index contributed by atoms with van der Waals surface area (Å²) in [7, 11) is 0. The van der Waals surface area contributed by atoms with Gasteiger partial charge in [0.05, 0.1) is 12.2 Å². The third kappa shape index (κ3) is 1.53. The Balaban J connectivity index is 2.74. The minimum atomic E-state index is -0.804. The van der Waals surface area contributed by atoms with Gasteiger partial charge in [0, 0.05) is 12.1 Å². The Morgan fingerprint density at radius 2 is 2.36 bits per heavy atom. The highest BCUT2D eigenvalue weighted by molar-refractivity contribution is 5.03. The van der Waals surface area contributed by atoms with Crippen LogP contribution >= 0.6 is 0 Å². The summed E-state index contributed by atoms with van der Waals surface area (Å²) in [5.74, 6) is 0. The molecule has 0 bridgehead atoms. The van der Waals surface area contributed by atoms with Crippen molar-refractivity contribution in [2.24, 2.45) is 5.73 Å². The van der Waals surface area contributed by atoms with Crippen LogP contribution in [0.25, 0.3) is 0 Å². The zero-order valence-electron chi connectivity index (χ0n) is 7.10. The number of nitrogens with zero attached hydrogens (tertiary/aromatic N) is 1. The van der Waals surface area contributed by atoms with Gasteiger partial charge in [-0.1, -0.05) is 6.58 Å². The van der Waals surface area contributed by atoms with Gasteiger partial charge in [0.1, 0.15) is 6.17 Å². The summed E-state index contributed by atoms with van der Waals surface area (Å²) in [6.07, 6.45) is -0.401. The first-order valence-electron chi connectivity index (χ1n) is 3.79. The standard InChI is InChI=1S/C8H15FN2/c1-6(2)11-5-7(9)4-8(11,3)10/h7H,1,4-5,10H2,2-3H3. The zero-order valence-corrected chi connectivity index (χ0v) is 7.10. The third-order valence-corrected chi connectivity index (χ3v) is 2.09. The molecular formula is C8H15FN2. The first-order chi connectivity index (χ1) is 4.93. The highest BCUT2D eigenvalue weighted by Crippen LogP contribution is 2.28. The number of allylic oxidation sites excluding steroid dienone is 1. The molecule has 0 aromatic heterocycles. The Labute approximate surface area is 66.9 Å². The van der Waals surface area contributed by atoms with E-state index in [1.165, 1.54) is 0 Å². The van der Waals surface area contributed by atoms with Crippen molar-refractivity contribution in [1.29, 1.82) is 0 Å². The van der Waals surface area contributed by atoms with Crippen LogP contribution in [0.4, 0.5) is 4.39 Å². The second-order valence-corrected chi connectivity index (χ2v) is 3.50. The van der Waals surface area contributed by atoms with Crippen LogP contribution in [0, 0.1) is 0 Å². The lowest BCUT2D eigenvalue weighted by molar-refractivity contribution is 0.214. The number of nitrogens with two attached hydrogens (primary N) is 1. The molecule has 2 N–H and O–H groups in total. The number of likely N-dealkylation sites (tertiary alicyclic amines) is 1. The Hall–Kier alpha value is -0.570. The van der Waals surface area contributed by atoms with Crippen molar-refractivity contribution in [3.05, 3.63) is 12.3 Å². The molecule has 11 heavy (non-hydrogen) atoms. The number of hydrogen-bond acceptors (Lipinski definition) is 2. The minimum absolute atomic E-state index is 0.391. The molecule has 1 aliphatic rings. The summed E-state index contributed by atoms with van der Waals surface area (Å²) in [5, 5.41) is 0. The summed E-state index contributed by atoms with van der Waals surface area (Å²) >= 11 is 0. The van der Waals surface area contributed by atoms with E-state index < -0.39 is 11.8 Å². The minimum Gasteiger partial charge on any atom is -0.355 e. The second kappa shape index (κ2) is 2.48. The van der Waals surface area contributed by atoms with Crippen LogP contribution in [0.5, 0.6) is 0 Å². The van der Waals surface area contributed by atoms with Crippen LogP contribution in [-0.2, 0) is 0 Å². The van der Waals surface area contributed by atoms with E-state index in [1.54, 1.807) is 0 Å². The fraction of sp³-hybridized carbons (Fsp3) is 0.750. The van der Waals surface area contributed by atoms with Gasteiger partial charge in [-0.05, 0) is 13.8 Å². The molecule has 0 aromatic rings. The molecule has 1 saturated heterocycles. The smallest absolute Gasteiger partial charge is 0.121 e. The van der Waals surface area contributed by atoms with Gasteiger partial charge >= 0.3 is 0 Å². The average molecular weight is 158 g/mol. The van der Waals surface area contributed by atoms with Crippen molar-refractivity contribution in [2.75, 3.05) is 6.54 Å². The molecule has 1 rings (SSSR count). The lowest BCUT2D eigenvalue weighted by atomic mass is 10.1. The van der Waals surface area contributed by atoms with Crippen molar-refractivity contribution in [3.8, 4) is 0 Å². The third-order valence-electron chi connectivity index (χ3n) is 2.09. The van der Waals surface area contributed by atoms with E-state index in [0.29, 0.717) is 13.0 Å². The van der Waals surface area contributed by atoms with Crippen LogP contribution in [0.1, 0.15) is 20.3 Å². The normalized spacial score (nSPS) is 37.8. The van der Waals surface area contributed by atoms with Crippen LogP contribution in [0.2, 0.25) is 0 Å². The van der Waals surface area contributed by atoms with Crippen molar-refractivity contribution in [1.82, 2.24) is 4.90 Å². The van der Waals surface area contributed by atoms with E-state index in [4.69, 9.17) is 5.73 Å². The predicted octanol–water partition coefficient (Wildman–Crippen LogP) is 1.24. The lowest BCUT2D eigenvalue weighted by Gasteiger charge is -2.32. The summed E-state index contributed by atoms with van der Waals surface area (Å²) in [6, 6.07) is 0. The number of hydrogen-bond donors (Lipinski definition) is 1. The molecule has 2 nitrogen and oxygen atoms in total. The van der Waals surface area contributed by atoms with Crippen LogP contribution in [-0.4, -0.2) is 23.3 Å². The highest BCUT2D eigenvalue weighted by Gasteiger charge is 2.38. The van der Waals surface area contributed by atoms with Crippen LogP contribution in [0.15, 0.2) is 12.3 Å². The van der Waals surface area contributed by atoms with Gasteiger partial charge in [0.2, 0.25) is 0 Å². The SMILES string of the molecule is C=C(C)N1CC(F)CC1(C)N. The van der Waals surface area contributed by atoms with Gasteiger partial charge in [-0.2, -0.15) is 0 Å². The van der Waals surface area contributed by atoms with E-state index >= 15 is 0 Å². The van der Waals surface area contributed by atoms with Crippen molar-refractivity contribution >= 4 is 0 Å². The molecule has 2 unspecified atom stereocenters. The molecule has 1 fully saturated rings. The molecule has 0 aliphatic carbocycles. The van der Waals surface area contributed by atoms with E-state index in [-0.39, 0.29) is 0 Å². The molecule has 0 saturated carbocycles. The molecule has 2 atom stereocenters. The molecule has 0 radical (unpaired) electrons. The number of alkyl halides is 1. The van der Waals surface area contributed by atoms with Crippen LogP contribution in [0.3, 0.4) is 0 Å². The Kier molecular flexibility index (Phi) is 1.92. The molecule has 0 spiro atoms. The number of halogens is 1. The molecule has 0 aromatic carbocycles. The maximum Gasteiger partial charge on any atom is 0.121 e. The fourth-order valence-corrected chi connectivity index (χ4v) is 1.62. The Morgan fingerprint density at radius 1 is 1.82 bits per heavy atom. The molecular weight excluding hydrogens is 143 g/mol. The Bertz CT molecular complexity index is 177. The van der Waals surface area contributed by atoms with E-state index in [9.17, 15) is 4.39 Å². The summed E-state index contributed by atoms with van der Waals surface area (Å²) in [5.41, 5.74) is 6.14. The monoisotopic (exact) mass is 158 g/mol. The maximum absolute atomic E-state index is 12.9. The topological polar surface area (TPSA) is 29.3 Å². The maximum atomic E-state index is 12.9. The first-order valence-corrected chi connectivity index (χ1v) is 3.79. The first kappa shape index (κ1) is 8.53. The molecule has 1 heterocycles. The van der Waals surface area contributed by atoms with Crippen molar-refractivity contribution in [2.45, 2.75) is 32.1 Å². The summed E-state index contributed by atoms with van der Waals surface area (Å²) in [4.78, 5) is 1.82. The highest BCUT2D eigenvalue weighted by atomic mass is 19.1. The van der Waals surface area contributed by atoms with Gasteiger partial charge in [-0.25, -0.2) is 4.39 Å². The van der Waals surface area contributed by atoms with Gasteiger partial charge in [0.25, 0.3) is 0 Å². The predicted molar refractivity (Wildman–Crippen MR) is 43.6 cm³/mol. The molecule has 64 valence electrons. The van der Waals surface area contributed by atoms with E-state index in [0.717, 1.165) is 5.70 Å². The lowest BCUT2D eigenvalue weighted by Crippen LogP contribution is -2.47. The molecule has 1 aliphatic heterocycles. The fourth-order valence-electron chi connectivity index (χ4n) is 1.62. The van der Waals surface area contributed by atoms with Gasteiger partial charge in [-0.15, -0.1) is 0 Å². The van der Waals surface area contributed by atoms with Gasteiger partial charge in [-0.3, -0.25) is 0 Å². The summed E-state index contributed by atoms with van der Waals surface area (Å²) < 4.78 is 12.9. The van der Waals surface area contributed by atoms with Crippen molar-refractivity contribution < 1.29 is 4.39 Å². The molecule has 0 amide bonds. The van der Waals surface area contributed by atoms with Crippen molar-refractivity contribution in [3.63, 3.8) is 0 Å².